The standard InChI is InChI=1S/C24H27F6N5O3/c25-23(26,27)14-12-15(31)17-18-33-34-20(38-18)22(37,24(28,29)30)7-2-1-3-11-35(19(36)16(14)32-17)21-8-4-13(5-9-21)6-10-21/h12-13,37H,1-11,31H2/t13?,21?,22-/m1/s1. The van der Waals surface area contributed by atoms with E-state index in [2.05, 4.69) is 15.2 Å². The summed E-state index contributed by atoms with van der Waals surface area (Å²) < 4.78 is 89.1. The predicted molar refractivity (Wildman–Crippen MR) is 120 cm³/mol. The summed E-state index contributed by atoms with van der Waals surface area (Å²) in [5.41, 5.74) is -1.78. The molecule has 0 unspecified atom stereocenters. The summed E-state index contributed by atoms with van der Waals surface area (Å²) in [7, 11) is 0. The maximum Gasteiger partial charge on any atom is 0.426 e. The van der Waals surface area contributed by atoms with Crippen LogP contribution >= 0.6 is 0 Å². The Labute approximate surface area is 213 Å². The van der Waals surface area contributed by atoms with Crippen molar-refractivity contribution < 1.29 is 40.7 Å². The zero-order chi connectivity index (χ0) is 27.5. The van der Waals surface area contributed by atoms with Crippen molar-refractivity contribution in [2.24, 2.45) is 5.92 Å². The van der Waals surface area contributed by atoms with Crippen molar-refractivity contribution >= 4 is 11.6 Å². The third-order valence-corrected chi connectivity index (χ3v) is 8.30. The number of alkyl halides is 6. The number of rotatable bonds is 1. The van der Waals surface area contributed by atoms with E-state index in [1.807, 2.05) is 0 Å². The van der Waals surface area contributed by atoms with Gasteiger partial charge in [0.25, 0.3) is 17.7 Å². The van der Waals surface area contributed by atoms with Crippen molar-refractivity contribution in [2.75, 3.05) is 12.3 Å². The molecular weight excluding hydrogens is 520 g/mol. The summed E-state index contributed by atoms with van der Waals surface area (Å²) >= 11 is 0. The molecule has 3 fully saturated rings. The number of nitrogen functional groups attached to an aromatic ring is 1. The molecule has 0 aromatic carbocycles. The molecule has 0 spiro atoms. The Morgan fingerprint density at radius 3 is 2.24 bits per heavy atom. The molecule has 1 amide bonds. The third-order valence-electron chi connectivity index (χ3n) is 8.30. The van der Waals surface area contributed by atoms with Crippen LogP contribution in [-0.2, 0) is 11.8 Å². The molecule has 1 atom stereocenters. The minimum atomic E-state index is -5.17. The highest BCUT2D eigenvalue weighted by molar-refractivity contribution is 5.96. The Bertz CT molecular complexity index is 1210. The number of fused-ring (bicyclic) bond motifs is 8. The lowest BCUT2D eigenvalue weighted by Crippen LogP contribution is -2.57. The Kier molecular flexibility index (Phi) is 6.39. The molecule has 2 aromatic heterocycles. The minimum Gasteiger partial charge on any atom is -0.416 e. The van der Waals surface area contributed by atoms with Crippen molar-refractivity contribution in [2.45, 2.75) is 87.7 Å². The van der Waals surface area contributed by atoms with Gasteiger partial charge in [-0.3, -0.25) is 4.79 Å². The molecular formula is C24H27F6N5O3. The number of hydrogen-bond acceptors (Lipinski definition) is 7. The van der Waals surface area contributed by atoms with E-state index in [-0.39, 0.29) is 25.8 Å². The zero-order valence-electron chi connectivity index (χ0n) is 20.3. The summed E-state index contributed by atoms with van der Waals surface area (Å²) in [5.74, 6) is -2.30. The summed E-state index contributed by atoms with van der Waals surface area (Å²) in [4.78, 5) is 19.2. The van der Waals surface area contributed by atoms with Crippen LogP contribution < -0.4 is 5.73 Å². The summed E-state index contributed by atoms with van der Waals surface area (Å²) in [6.45, 7) is 0.0467. The van der Waals surface area contributed by atoms with Gasteiger partial charge in [-0.1, -0.05) is 6.42 Å². The molecule has 3 N–H and O–H groups in total. The zero-order valence-corrected chi connectivity index (χ0v) is 20.3. The minimum absolute atomic E-state index is 0.0467. The van der Waals surface area contributed by atoms with Crippen LogP contribution in [0.2, 0.25) is 0 Å². The van der Waals surface area contributed by atoms with Gasteiger partial charge in [-0.15, -0.1) is 10.2 Å². The number of halogens is 6. The number of carbonyl (C=O) groups excluding carboxylic acids is 1. The first-order valence-corrected chi connectivity index (χ1v) is 12.6. The Morgan fingerprint density at radius 2 is 1.63 bits per heavy atom. The fraction of sp³-hybridized carbons (Fsp3) is 0.667. The van der Waals surface area contributed by atoms with E-state index in [0.717, 1.165) is 19.3 Å². The first kappa shape index (κ1) is 26.7. The molecule has 2 aromatic rings. The Morgan fingerprint density at radius 1 is 0.974 bits per heavy atom. The average molecular weight is 548 g/mol. The SMILES string of the molecule is Nc1cc(C(F)(F)F)c2nc1-c1nnc(o1)[C@@](O)(C(F)(F)F)CCCCCN(C13CCC(CC1)CC3)C2=O. The first-order valence-electron chi connectivity index (χ1n) is 12.6. The molecule has 3 aliphatic carbocycles. The second-order valence-corrected chi connectivity index (χ2v) is 10.6. The largest absolute Gasteiger partial charge is 0.426 e. The number of aromatic nitrogens is 3. The van der Waals surface area contributed by atoms with E-state index in [0.29, 0.717) is 31.2 Å². The monoisotopic (exact) mass is 547 g/mol. The molecule has 6 bridgehead atoms. The molecule has 0 saturated heterocycles. The lowest BCUT2D eigenvalue weighted by Gasteiger charge is -2.53. The number of hydrogen-bond donors (Lipinski definition) is 2. The smallest absolute Gasteiger partial charge is 0.416 e. The van der Waals surface area contributed by atoms with Gasteiger partial charge in [-0.05, 0) is 69.8 Å². The van der Waals surface area contributed by atoms with E-state index < -0.39 is 70.2 Å². The second kappa shape index (κ2) is 9.09. The van der Waals surface area contributed by atoms with E-state index in [1.54, 1.807) is 0 Å². The predicted octanol–water partition coefficient (Wildman–Crippen LogP) is 5.22. The van der Waals surface area contributed by atoms with Crippen molar-refractivity contribution in [1.29, 1.82) is 0 Å². The molecule has 208 valence electrons. The molecule has 14 heteroatoms. The third kappa shape index (κ3) is 4.39. The number of anilines is 1. The fourth-order valence-electron chi connectivity index (χ4n) is 6.08. The average Bonchev–Trinajstić information content (AvgIpc) is 3.35. The van der Waals surface area contributed by atoms with Gasteiger partial charge in [0.1, 0.15) is 5.69 Å². The van der Waals surface area contributed by atoms with Gasteiger partial charge < -0.3 is 20.2 Å². The lowest BCUT2D eigenvalue weighted by atomic mass is 9.65. The van der Waals surface area contributed by atoms with E-state index in [9.17, 15) is 36.2 Å². The summed E-state index contributed by atoms with van der Waals surface area (Å²) in [6.07, 6.45) is -6.20. The van der Waals surface area contributed by atoms with Gasteiger partial charge in [0.2, 0.25) is 5.60 Å². The number of carbonyl (C=O) groups is 1. The Balaban J connectivity index is 1.67. The molecule has 38 heavy (non-hydrogen) atoms. The first-order chi connectivity index (χ1) is 17.8. The van der Waals surface area contributed by atoms with Crippen LogP contribution in [0.15, 0.2) is 10.5 Å². The van der Waals surface area contributed by atoms with Crippen LogP contribution in [0.4, 0.5) is 32.0 Å². The fourth-order valence-corrected chi connectivity index (χ4v) is 6.08. The van der Waals surface area contributed by atoms with Crippen molar-refractivity contribution in [3.05, 3.63) is 23.2 Å². The highest BCUT2D eigenvalue weighted by atomic mass is 19.4. The van der Waals surface area contributed by atoms with Crippen LogP contribution in [0.3, 0.4) is 0 Å². The van der Waals surface area contributed by atoms with E-state index >= 15 is 0 Å². The Hall–Kier alpha value is -2.90. The summed E-state index contributed by atoms with van der Waals surface area (Å²) in [5, 5.41) is 17.4. The molecule has 3 heterocycles. The molecule has 0 radical (unpaired) electrons. The number of nitrogens with zero attached hydrogens (tertiary/aromatic N) is 4. The molecule has 6 rings (SSSR count). The number of nitrogens with two attached hydrogens (primary N) is 1. The van der Waals surface area contributed by atoms with Gasteiger partial charge in [0.05, 0.1) is 11.3 Å². The molecule has 1 aliphatic heterocycles. The van der Waals surface area contributed by atoms with E-state index in [1.165, 1.54) is 4.90 Å². The highest BCUT2D eigenvalue weighted by Crippen LogP contribution is 2.49. The summed E-state index contributed by atoms with van der Waals surface area (Å²) in [6, 6.07) is 0.509. The number of amides is 1. The molecule has 3 saturated carbocycles. The maximum absolute atomic E-state index is 14.1. The van der Waals surface area contributed by atoms with Crippen LogP contribution in [0, 0.1) is 5.92 Å². The second-order valence-electron chi connectivity index (χ2n) is 10.6. The van der Waals surface area contributed by atoms with Gasteiger partial charge in [0.15, 0.2) is 5.69 Å². The van der Waals surface area contributed by atoms with Gasteiger partial charge >= 0.3 is 12.4 Å². The van der Waals surface area contributed by atoms with Crippen molar-refractivity contribution in [3.63, 3.8) is 0 Å². The van der Waals surface area contributed by atoms with Gasteiger partial charge in [-0.25, -0.2) is 4.98 Å². The van der Waals surface area contributed by atoms with E-state index in [4.69, 9.17) is 10.2 Å². The van der Waals surface area contributed by atoms with Gasteiger partial charge in [-0.2, -0.15) is 26.3 Å². The molecule has 4 aliphatic rings. The normalized spacial score (nSPS) is 28.9. The van der Waals surface area contributed by atoms with Crippen LogP contribution in [0.5, 0.6) is 0 Å². The van der Waals surface area contributed by atoms with Gasteiger partial charge in [0, 0.05) is 12.1 Å². The number of aliphatic hydroxyl groups is 1. The molecule has 8 nitrogen and oxygen atoms in total. The highest BCUT2D eigenvalue weighted by Gasteiger charge is 2.58. The van der Waals surface area contributed by atoms with Crippen LogP contribution in [-0.4, -0.2) is 49.4 Å². The van der Waals surface area contributed by atoms with Crippen molar-refractivity contribution in [1.82, 2.24) is 20.1 Å². The van der Waals surface area contributed by atoms with Crippen LogP contribution in [0.1, 0.15) is 86.2 Å². The maximum atomic E-state index is 14.1. The lowest BCUT2D eigenvalue weighted by molar-refractivity contribution is -0.277. The van der Waals surface area contributed by atoms with Crippen LogP contribution in [0.25, 0.3) is 11.6 Å². The van der Waals surface area contributed by atoms with Crippen molar-refractivity contribution in [3.8, 4) is 11.6 Å². The number of pyridine rings is 1. The quantitative estimate of drug-likeness (QED) is 0.470. The topological polar surface area (TPSA) is 118 Å².